The molecule has 0 atom stereocenters. The molecule has 3 heteroatoms. The maximum absolute atomic E-state index is 13.6. The molecule has 0 spiro atoms. The van der Waals surface area contributed by atoms with Crippen LogP contribution in [0.5, 0.6) is 0 Å². The normalized spacial score (nSPS) is 10.9. The molecule has 0 aliphatic heterocycles. The fraction of sp³-hybridized carbons (Fsp3) is 0.588. The van der Waals surface area contributed by atoms with E-state index in [0.29, 0.717) is 17.4 Å². The molecule has 0 saturated heterocycles. The molecule has 0 fully saturated rings. The maximum atomic E-state index is 13.6. The number of hydrogen-bond donors (Lipinski definition) is 0. The van der Waals surface area contributed by atoms with Crippen molar-refractivity contribution in [2.45, 2.75) is 40.5 Å². The highest BCUT2D eigenvalue weighted by Gasteiger charge is 2.11. The predicted octanol–water partition coefficient (Wildman–Crippen LogP) is 4.60. The Balaban J connectivity index is 2.90. The predicted molar refractivity (Wildman–Crippen MR) is 82.2 cm³/mol. The molecule has 20 heavy (non-hydrogen) atoms. The summed E-state index contributed by atoms with van der Waals surface area (Å²) in [5.74, 6) is 0.888. The molecule has 0 aliphatic rings. The van der Waals surface area contributed by atoms with Crippen molar-refractivity contribution in [1.29, 1.82) is 5.26 Å². The van der Waals surface area contributed by atoms with E-state index in [2.05, 4.69) is 32.6 Å². The van der Waals surface area contributed by atoms with Crippen LogP contribution < -0.4 is 4.90 Å². The van der Waals surface area contributed by atoms with Gasteiger partial charge in [-0.05, 0) is 42.9 Å². The number of benzene rings is 1. The standard InChI is InChI=1S/C17H25FN2/c1-13(2)5-7-20(8-6-14(3)4)17-10-15(12-19)9-16(18)11-17/h9-11,13-14H,5-8H2,1-4H3. The lowest BCUT2D eigenvalue weighted by atomic mass is 10.1. The van der Waals surface area contributed by atoms with Crippen molar-refractivity contribution in [3.63, 3.8) is 0 Å². The third-order valence-electron chi connectivity index (χ3n) is 3.33. The Morgan fingerprint density at radius 3 is 2.05 bits per heavy atom. The van der Waals surface area contributed by atoms with Gasteiger partial charge in [0.25, 0.3) is 0 Å². The molecule has 110 valence electrons. The summed E-state index contributed by atoms with van der Waals surface area (Å²) in [4.78, 5) is 2.20. The number of nitrogens with zero attached hydrogens (tertiary/aromatic N) is 2. The SMILES string of the molecule is CC(C)CCN(CCC(C)C)c1cc(F)cc(C#N)c1. The Morgan fingerprint density at radius 2 is 1.60 bits per heavy atom. The van der Waals surface area contributed by atoms with Crippen LogP contribution in [0.4, 0.5) is 10.1 Å². The van der Waals surface area contributed by atoms with Gasteiger partial charge in [0.2, 0.25) is 0 Å². The van der Waals surface area contributed by atoms with Gasteiger partial charge in [0.05, 0.1) is 11.6 Å². The smallest absolute Gasteiger partial charge is 0.126 e. The number of nitriles is 1. The van der Waals surface area contributed by atoms with Crippen molar-refractivity contribution in [3.8, 4) is 6.07 Å². The molecule has 0 radical (unpaired) electrons. The van der Waals surface area contributed by atoms with Crippen LogP contribution in [0.15, 0.2) is 18.2 Å². The average Bonchev–Trinajstić information content (AvgIpc) is 2.37. The molecule has 0 amide bonds. The highest BCUT2D eigenvalue weighted by molar-refractivity contribution is 5.52. The zero-order valence-electron chi connectivity index (χ0n) is 13.0. The van der Waals surface area contributed by atoms with Crippen molar-refractivity contribution < 1.29 is 4.39 Å². The summed E-state index contributed by atoms with van der Waals surface area (Å²) in [7, 11) is 0. The average molecular weight is 276 g/mol. The van der Waals surface area contributed by atoms with Crippen molar-refractivity contribution in [2.24, 2.45) is 11.8 Å². The van der Waals surface area contributed by atoms with Crippen LogP contribution in [0.3, 0.4) is 0 Å². The Kier molecular flexibility index (Phi) is 6.51. The van der Waals surface area contributed by atoms with Gasteiger partial charge in [-0.2, -0.15) is 5.26 Å². The van der Waals surface area contributed by atoms with Gasteiger partial charge in [-0.3, -0.25) is 0 Å². The van der Waals surface area contributed by atoms with E-state index in [4.69, 9.17) is 5.26 Å². The first-order valence-electron chi connectivity index (χ1n) is 7.38. The molecular weight excluding hydrogens is 251 g/mol. The number of halogens is 1. The van der Waals surface area contributed by atoms with Gasteiger partial charge in [0, 0.05) is 18.8 Å². The van der Waals surface area contributed by atoms with Crippen molar-refractivity contribution >= 4 is 5.69 Å². The summed E-state index contributed by atoms with van der Waals surface area (Å²) in [6.07, 6.45) is 2.13. The Labute approximate surface area is 122 Å². The summed E-state index contributed by atoms with van der Waals surface area (Å²) in [6, 6.07) is 6.62. The molecule has 2 nitrogen and oxygen atoms in total. The molecule has 1 aromatic carbocycles. The third kappa shape index (κ3) is 5.61. The first-order valence-corrected chi connectivity index (χ1v) is 7.38. The molecule has 0 N–H and O–H groups in total. The van der Waals surface area contributed by atoms with Gasteiger partial charge < -0.3 is 4.90 Å². The minimum Gasteiger partial charge on any atom is -0.371 e. The number of hydrogen-bond acceptors (Lipinski definition) is 2. The summed E-state index contributed by atoms with van der Waals surface area (Å²) in [5, 5.41) is 8.97. The van der Waals surface area contributed by atoms with Gasteiger partial charge in [-0.1, -0.05) is 27.7 Å². The first-order chi connectivity index (χ1) is 9.42. The first kappa shape index (κ1) is 16.5. The second kappa shape index (κ2) is 7.89. The molecule has 0 unspecified atom stereocenters. The molecule has 1 aromatic rings. The van der Waals surface area contributed by atoms with Crippen molar-refractivity contribution in [1.82, 2.24) is 0 Å². The van der Waals surface area contributed by atoms with E-state index in [1.807, 2.05) is 6.07 Å². The quantitative estimate of drug-likeness (QED) is 0.728. The highest BCUT2D eigenvalue weighted by atomic mass is 19.1. The second-order valence-electron chi connectivity index (χ2n) is 6.16. The van der Waals surface area contributed by atoms with Crippen LogP contribution in [0.25, 0.3) is 0 Å². The van der Waals surface area contributed by atoms with Crippen molar-refractivity contribution in [3.05, 3.63) is 29.6 Å². The lowest BCUT2D eigenvalue weighted by molar-refractivity contribution is 0.534. The summed E-state index contributed by atoms with van der Waals surface area (Å²) < 4.78 is 13.6. The van der Waals surface area contributed by atoms with Crippen LogP contribution in [-0.2, 0) is 0 Å². The van der Waals surface area contributed by atoms with E-state index in [9.17, 15) is 4.39 Å². The molecule has 1 rings (SSSR count). The van der Waals surface area contributed by atoms with E-state index in [1.165, 1.54) is 12.1 Å². The molecule has 0 aromatic heterocycles. The Morgan fingerprint density at radius 1 is 1.05 bits per heavy atom. The largest absolute Gasteiger partial charge is 0.371 e. The molecule has 0 saturated carbocycles. The third-order valence-corrected chi connectivity index (χ3v) is 3.33. The lowest BCUT2D eigenvalue weighted by Gasteiger charge is -2.27. The Hall–Kier alpha value is -1.56. The van der Waals surface area contributed by atoms with E-state index < -0.39 is 0 Å². The van der Waals surface area contributed by atoms with E-state index in [-0.39, 0.29) is 5.82 Å². The van der Waals surface area contributed by atoms with Crippen LogP contribution >= 0.6 is 0 Å². The summed E-state index contributed by atoms with van der Waals surface area (Å²) >= 11 is 0. The number of anilines is 1. The van der Waals surface area contributed by atoms with E-state index in [1.54, 1.807) is 6.07 Å². The number of rotatable bonds is 7. The summed E-state index contributed by atoms with van der Waals surface area (Å²) in [5.41, 5.74) is 1.21. The van der Waals surface area contributed by atoms with Gasteiger partial charge in [0.15, 0.2) is 0 Å². The molecule has 0 aliphatic carbocycles. The fourth-order valence-electron chi connectivity index (χ4n) is 2.02. The van der Waals surface area contributed by atoms with E-state index >= 15 is 0 Å². The Bertz CT molecular complexity index is 449. The fourth-order valence-corrected chi connectivity index (χ4v) is 2.02. The zero-order valence-corrected chi connectivity index (χ0v) is 13.0. The van der Waals surface area contributed by atoms with Gasteiger partial charge in [-0.25, -0.2) is 4.39 Å². The monoisotopic (exact) mass is 276 g/mol. The van der Waals surface area contributed by atoms with Gasteiger partial charge in [0.1, 0.15) is 5.82 Å². The van der Waals surface area contributed by atoms with Crippen LogP contribution in [0, 0.1) is 29.0 Å². The zero-order chi connectivity index (χ0) is 15.1. The van der Waals surface area contributed by atoms with E-state index in [0.717, 1.165) is 31.6 Å². The van der Waals surface area contributed by atoms with Gasteiger partial charge in [-0.15, -0.1) is 0 Å². The van der Waals surface area contributed by atoms with Crippen LogP contribution in [-0.4, -0.2) is 13.1 Å². The minimum atomic E-state index is -0.335. The summed E-state index contributed by atoms with van der Waals surface area (Å²) in [6.45, 7) is 10.6. The molecule has 0 heterocycles. The second-order valence-corrected chi connectivity index (χ2v) is 6.16. The maximum Gasteiger partial charge on any atom is 0.126 e. The topological polar surface area (TPSA) is 27.0 Å². The molecular formula is C17H25FN2. The van der Waals surface area contributed by atoms with Crippen molar-refractivity contribution in [2.75, 3.05) is 18.0 Å². The highest BCUT2D eigenvalue weighted by Crippen LogP contribution is 2.21. The van der Waals surface area contributed by atoms with Gasteiger partial charge >= 0.3 is 0 Å². The van der Waals surface area contributed by atoms with Crippen LogP contribution in [0.2, 0.25) is 0 Å². The lowest BCUT2D eigenvalue weighted by Crippen LogP contribution is -2.27. The minimum absolute atomic E-state index is 0.335. The molecule has 0 bridgehead atoms. The van der Waals surface area contributed by atoms with Crippen LogP contribution in [0.1, 0.15) is 46.1 Å².